The smallest absolute Gasteiger partial charge is 0.237 e. The van der Waals surface area contributed by atoms with Gasteiger partial charge in [0.15, 0.2) is 0 Å². The van der Waals surface area contributed by atoms with Gasteiger partial charge in [-0.25, -0.2) is 0 Å². The Hall–Kier alpha value is -3.73. The molecule has 1 fully saturated rings. The molecule has 33 heavy (non-hydrogen) atoms. The van der Waals surface area contributed by atoms with Crippen LogP contribution in [0.3, 0.4) is 0 Å². The van der Waals surface area contributed by atoms with Crippen LogP contribution < -0.4 is 10.6 Å². The maximum Gasteiger partial charge on any atom is 0.237 e. The van der Waals surface area contributed by atoms with Gasteiger partial charge in [-0.1, -0.05) is 79.7 Å². The van der Waals surface area contributed by atoms with Crippen LogP contribution in [-0.2, 0) is 19.8 Å². The zero-order valence-corrected chi connectivity index (χ0v) is 18.7. The van der Waals surface area contributed by atoms with Gasteiger partial charge in [0.05, 0.1) is 5.41 Å². The Morgan fingerprint density at radius 2 is 1.48 bits per heavy atom. The van der Waals surface area contributed by atoms with E-state index in [9.17, 15) is 14.4 Å². The topological polar surface area (TPSA) is 75.3 Å². The van der Waals surface area contributed by atoms with Crippen molar-refractivity contribution in [2.24, 2.45) is 0 Å². The van der Waals surface area contributed by atoms with Crippen molar-refractivity contribution in [3.05, 3.63) is 102 Å². The lowest BCUT2D eigenvalue weighted by Crippen LogP contribution is -2.51. The van der Waals surface area contributed by atoms with Gasteiger partial charge in [0, 0.05) is 24.4 Å². The Balaban J connectivity index is 1.49. The fraction of sp³-hybridized carbons (Fsp3) is 0.250. The number of hydrogen-bond acceptors (Lipinski definition) is 3. The number of nitrogens with one attached hydrogen (secondary N) is 2. The summed E-state index contributed by atoms with van der Waals surface area (Å²) in [5, 5.41) is 5.47. The van der Waals surface area contributed by atoms with Crippen molar-refractivity contribution in [3.63, 3.8) is 0 Å². The van der Waals surface area contributed by atoms with E-state index in [1.54, 1.807) is 0 Å². The molecule has 0 saturated carbocycles. The van der Waals surface area contributed by atoms with E-state index < -0.39 is 5.41 Å². The summed E-state index contributed by atoms with van der Waals surface area (Å²) in [6.45, 7) is 1.96. The molecule has 1 saturated heterocycles. The van der Waals surface area contributed by atoms with Crippen LogP contribution in [0.4, 0.5) is 5.69 Å². The number of carbonyl (C=O) groups excluding carboxylic acids is 3. The van der Waals surface area contributed by atoms with Crippen molar-refractivity contribution >= 4 is 23.4 Å². The van der Waals surface area contributed by atoms with Crippen LogP contribution in [0.5, 0.6) is 0 Å². The van der Waals surface area contributed by atoms with Crippen LogP contribution in [0.15, 0.2) is 84.9 Å². The van der Waals surface area contributed by atoms with Crippen LogP contribution >= 0.6 is 0 Å². The number of piperidine rings is 1. The summed E-state index contributed by atoms with van der Waals surface area (Å²) in [5.74, 6) is -0.587. The number of carbonyl (C=O) groups is 3. The minimum atomic E-state index is -0.706. The highest BCUT2D eigenvalue weighted by Crippen LogP contribution is 2.36. The maximum atomic E-state index is 13.0. The van der Waals surface area contributed by atoms with Gasteiger partial charge in [0.25, 0.3) is 0 Å². The molecule has 0 aromatic heterocycles. The van der Waals surface area contributed by atoms with Gasteiger partial charge in [-0.2, -0.15) is 0 Å². The lowest BCUT2D eigenvalue weighted by Gasteiger charge is -2.35. The third-order valence-electron chi connectivity index (χ3n) is 6.58. The fourth-order valence-electron chi connectivity index (χ4n) is 4.63. The van der Waals surface area contributed by atoms with Crippen LogP contribution in [0.1, 0.15) is 55.2 Å². The SMILES string of the molecule is CCC1(c2ccc(NC(=O)CC(c3ccccc3)c3ccccc3)cc2)CCC(=O)NC1=O. The van der Waals surface area contributed by atoms with E-state index in [0.717, 1.165) is 16.7 Å². The summed E-state index contributed by atoms with van der Waals surface area (Å²) in [6.07, 6.45) is 1.75. The molecule has 4 rings (SSSR count). The second kappa shape index (κ2) is 9.82. The molecule has 3 aromatic carbocycles. The fourth-order valence-corrected chi connectivity index (χ4v) is 4.63. The Morgan fingerprint density at radius 1 is 0.909 bits per heavy atom. The Bertz CT molecular complexity index is 1090. The largest absolute Gasteiger partial charge is 0.326 e. The molecule has 0 aliphatic carbocycles. The summed E-state index contributed by atoms with van der Waals surface area (Å²) in [4.78, 5) is 37.2. The van der Waals surface area contributed by atoms with Crippen molar-refractivity contribution in [3.8, 4) is 0 Å². The highest BCUT2D eigenvalue weighted by molar-refractivity contribution is 6.03. The first-order valence-electron chi connectivity index (χ1n) is 11.4. The normalized spacial score (nSPS) is 18.1. The van der Waals surface area contributed by atoms with Crippen molar-refractivity contribution in [1.82, 2.24) is 5.32 Å². The number of hydrogen-bond donors (Lipinski definition) is 2. The summed E-state index contributed by atoms with van der Waals surface area (Å²) >= 11 is 0. The first-order valence-corrected chi connectivity index (χ1v) is 11.4. The van der Waals surface area contributed by atoms with Crippen LogP contribution in [-0.4, -0.2) is 17.7 Å². The lowest BCUT2D eigenvalue weighted by molar-refractivity contribution is -0.138. The van der Waals surface area contributed by atoms with Crippen LogP contribution in [0, 0.1) is 0 Å². The molecule has 168 valence electrons. The third-order valence-corrected chi connectivity index (χ3v) is 6.58. The molecule has 3 amide bonds. The molecule has 1 aliphatic heterocycles. The van der Waals surface area contributed by atoms with Gasteiger partial charge in [-0.3, -0.25) is 19.7 Å². The summed E-state index contributed by atoms with van der Waals surface area (Å²) < 4.78 is 0. The maximum absolute atomic E-state index is 13.0. The van der Waals surface area contributed by atoms with Gasteiger partial charge in [-0.15, -0.1) is 0 Å². The van der Waals surface area contributed by atoms with E-state index in [0.29, 0.717) is 31.4 Å². The minimum Gasteiger partial charge on any atom is -0.326 e. The Kier molecular flexibility index (Phi) is 6.68. The molecule has 1 aliphatic rings. The zero-order chi connectivity index (χ0) is 23.3. The summed E-state index contributed by atoms with van der Waals surface area (Å²) in [6, 6.07) is 27.5. The molecular formula is C28H28N2O3. The molecule has 0 bridgehead atoms. The van der Waals surface area contributed by atoms with Crippen LogP contribution in [0.2, 0.25) is 0 Å². The molecule has 1 atom stereocenters. The molecular weight excluding hydrogens is 412 g/mol. The van der Waals surface area contributed by atoms with Gasteiger partial charge >= 0.3 is 0 Å². The summed E-state index contributed by atoms with van der Waals surface area (Å²) in [5.41, 5.74) is 3.03. The average Bonchev–Trinajstić information content (AvgIpc) is 2.85. The van der Waals surface area contributed by atoms with Crippen molar-refractivity contribution < 1.29 is 14.4 Å². The van der Waals surface area contributed by atoms with Crippen LogP contribution in [0.25, 0.3) is 0 Å². The first-order chi connectivity index (χ1) is 16.0. The quantitative estimate of drug-likeness (QED) is 0.512. The van der Waals surface area contributed by atoms with Gasteiger partial charge < -0.3 is 5.32 Å². The number of rotatable bonds is 7. The predicted molar refractivity (Wildman–Crippen MR) is 129 cm³/mol. The lowest BCUT2D eigenvalue weighted by atomic mass is 9.72. The van der Waals surface area contributed by atoms with E-state index in [1.807, 2.05) is 91.9 Å². The van der Waals surface area contributed by atoms with E-state index >= 15 is 0 Å². The van der Waals surface area contributed by atoms with Crippen molar-refractivity contribution in [2.45, 2.75) is 43.9 Å². The molecule has 5 nitrogen and oxygen atoms in total. The highest BCUT2D eigenvalue weighted by Gasteiger charge is 2.42. The molecule has 0 spiro atoms. The molecule has 5 heteroatoms. The minimum absolute atomic E-state index is 0.0431. The molecule has 1 heterocycles. The van der Waals surface area contributed by atoms with E-state index in [2.05, 4.69) is 10.6 Å². The van der Waals surface area contributed by atoms with Gasteiger partial charge in [0.2, 0.25) is 17.7 Å². The molecule has 0 radical (unpaired) electrons. The van der Waals surface area contributed by atoms with E-state index in [-0.39, 0.29) is 23.6 Å². The van der Waals surface area contributed by atoms with Crippen molar-refractivity contribution in [1.29, 1.82) is 0 Å². The number of imide groups is 1. The molecule has 3 aromatic rings. The standard InChI is InChI=1S/C28H28N2O3/c1-2-28(18-17-25(31)30-27(28)33)22-13-15-23(16-14-22)29-26(32)19-24(20-9-5-3-6-10-20)21-11-7-4-8-12-21/h3-16,24H,2,17-19H2,1H3,(H,29,32)(H,30,31,33). The first kappa shape index (κ1) is 22.5. The predicted octanol–water partition coefficient (Wildman–Crippen LogP) is 4.93. The number of benzene rings is 3. The second-order valence-electron chi connectivity index (χ2n) is 8.52. The van der Waals surface area contributed by atoms with Gasteiger partial charge in [0.1, 0.15) is 0 Å². The monoisotopic (exact) mass is 440 g/mol. The van der Waals surface area contributed by atoms with Crippen molar-refractivity contribution in [2.75, 3.05) is 5.32 Å². The average molecular weight is 441 g/mol. The highest BCUT2D eigenvalue weighted by atomic mass is 16.2. The Morgan fingerprint density at radius 3 is 2.00 bits per heavy atom. The number of amides is 3. The zero-order valence-electron chi connectivity index (χ0n) is 18.7. The van der Waals surface area contributed by atoms with Gasteiger partial charge in [-0.05, 0) is 41.7 Å². The third kappa shape index (κ3) is 4.87. The molecule has 1 unspecified atom stereocenters. The second-order valence-corrected chi connectivity index (χ2v) is 8.52. The number of anilines is 1. The summed E-state index contributed by atoms with van der Waals surface area (Å²) in [7, 11) is 0. The van der Waals surface area contributed by atoms with E-state index in [1.165, 1.54) is 0 Å². The van der Waals surface area contributed by atoms with E-state index in [4.69, 9.17) is 0 Å². The molecule has 2 N–H and O–H groups in total. The Labute approximate surface area is 194 Å².